The molecule has 2 saturated heterocycles. The molecule has 0 aromatic rings. The van der Waals surface area contributed by atoms with Crippen LogP contribution in [0.15, 0.2) is 23.5 Å². The van der Waals surface area contributed by atoms with E-state index in [9.17, 15) is 5.11 Å². The van der Waals surface area contributed by atoms with Gasteiger partial charge in [-0.1, -0.05) is 6.08 Å². The lowest BCUT2D eigenvalue weighted by Crippen LogP contribution is -2.49. The smallest absolute Gasteiger partial charge is 0.116 e. The maximum Gasteiger partial charge on any atom is 0.116 e. The highest BCUT2D eigenvalue weighted by Gasteiger charge is 2.37. The molecule has 0 amide bonds. The topological polar surface area (TPSA) is 23.5 Å². The summed E-state index contributed by atoms with van der Waals surface area (Å²) >= 11 is 0. The lowest BCUT2D eigenvalue weighted by molar-refractivity contribution is 0.108. The molecule has 2 heterocycles. The number of piperidine rings is 2. The molecule has 2 unspecified atom stereocenters. The van der Waals surface area contributed by atoms with E-state index in [1.807, 2.05) is 6.08 Å². The van der Waals surface area contributed by atoms with E-state index in [0.29, 0.717) is 17.7 Å². The average molecular weight is 191 g/mol. The molecule has 1 aliphatic carbocycles. The lowest BCUT2D eigenvalue weighted by Gasteiger charge is -2.46. The van der Waals surface area contributed by atoms with Crippen molar-refractivity contribution in [1.82, 2.24) is 4.90 Å². The van der Waals surface area contributed by atoms with E-state index in [4.69, 9.17) is 0 Å². The van der Waals surface area contributed by atoms with Crippen LogP contribution in [0.5, 0.6) is 0 Å². The van der Waals surface area contributed by atoms with Crippen molar-refractivity contribution in [3.05, 3.63) is 23.5 Å². The summed E-state index contributed by atoms with van der Waals surface area (Å²) < 4.78 is 0. The first kappa shape index (κ1) is 8.54. The lowest BCUT2D eigenvalue weighted by atomic mass is 9.77. The Hall–Kier alpha value is -0.760. The first-order valence-electron chi connectivity index (χ1n) is 5.70. The Bertz CT molecular complexity index is 303. The van der Waals surface area contributed by atoms with Crippen LogP contribution in [-0.2, 0) is 0 Å². The molecule has 1 N–H and O–H groups in total. The first-order valence-corrected chi connectivity index (χ1v) is 5.70. The van der Waals surface area contributed by atoms with Crippen molar-refractivity contribution in [1.29, 1.82) is 0 Å². The summed E-state index contributed by atoms with van der Waals surface area (Å²) in [6, 6.07) is 0.544. The summed E-state index contributed by atoms with van der Waals surface area (Å²) in [6.07, 6.45) is 9.07. The molecule has 0 radical (unpaired) electrons. The van der Waals surface area contributed by atoms with Crippen molar-refractivity contribution in [2.75, 3.05) is 13.1 Å². The highest BCUT2D eigenvalue weighted by Crippen LogP contribution is 2.38. The predicted molar refractivity (Wildman–Crippen MR) is 56.1 cm³/mol. The number of aliphatic hydroxyl groups is 1. The van der Waals surface area contributed by atoms with Gasteiger partial charge in [0.1, 0.15) is 5.76 Å². The monoisotopic (exact) mass is 191 g/mol. The molecule has 3 aliphatic rings. The second kappa shape index (κ2) is 3.13. The van der Waals surface area contributed by atoms with E-state index >= 15 is 0 Å². The largest absolute Gasteiger partial charge is 0.508 e. The summed E-state index contributed by atoms with van der Waals surface area (Å²) in [6.45, 7) is 2.46. The Morgan fingerprint density at radius 3 is 3.07 bits per heavy atom. The summed E-state index contributed by atoms with van der Waals surface area (Å²) in [5, 5.41) is 9.83. The van der Waals surface area contributed by atoms with Gasteiger partial charge in [0.05, 0.1) is 0 Å². The van der Waals surface area contributed by atoms with Crippen LogP contribution in [0.3, 0.4) is 0 Å². The number of nitrogens with zero attached hydrogens (tertiary/aromatic N) is 1. The molecule has 2 aliphatic heterocycles. The Labute approximate surface area is 84.9 Å². The van der Waals surface area contributed by atoms with Crippen molar-refractivity contribution in [2.45, 2.75) is 31.7 Å². The van der Waals surface area contributed by atoms with Crippen LogP contribution >= 0.6 is 0 Å². The maximum absolute atomic E-state index is 9.83. The predicted octanol–water partition coefficient (Wildman–Crippen LogP) is 2.24. The van der Waals surface area contributed by atoms with Gasteiger partial charge in [0, 0.05) is 6.04 Å². The Balaban J connectivity index is 1.99. The van der Waals surface area contributed by atoms with E-state index in [1.54, 1.807) is 0 Å². The fourth-order valence-corrected chi connectivity index (χ4v) is 3.25. The molecule has 0 aromatic carbocycles. The molecule has 0 aromatic heterocycles. The van der Waals surface area contributed by atoms with E-state index < -0.39 is 0 Å². The molecule has 0 saturated carbocycles. The minimum atomic E-state index is 0.544. The van der Waals surface area contributed by atoms with Crippen molar-refractivity contribution >= 4 is 0 Å². The zero-order valence-electron chi connectivity index (χ0n) is 8.45. The van der Waals surface area contributed by atoms with Crippen LogP contribution in [0.4, 0.5) is 0 Å². The fraction of sp³-hybridized carbons (Fsp3) is 0.667. The molecule has 2 fully saturated rings. The van der Waals surface area contributed by atoms with Gasteiger partial charge in [-0.15, -0.1) is 0 Å². The minimum absolute atomic E-state index is 0.544. The van der Waals surface area contributed by atoms with Crippen LogP contribution in [0.1, 0.15) is 25.7 Å². The molecule has 2 atom stereocenters. The van der Waals surface area contributed by atoms with Gasteiger partial charge in [-0.3, -0.25) is 4.90 Å². The second-order valence-electron chi connectivity index (χ2n) is 4.66. The molecule has 2 heteroatoms. The fourth-order valence-electron chi connectivity index (χ4n) is 3.25. The third kappa shape index (κ3) is 1.13. The molecule has 3 rings (SSSR count). The van der Waals surface area contributed by atoms with E-state index in [2.05, 4.69) is 11.0 Å². The number of allylic oxidation sites excluding steroid dienone is 1. The van der Waals surface area contributed by atoms with Crippen molar-refractivity contribution in [3.8, 4) is 0 Å². The summed E-state index contributed by atoms with van der Waals surface area (Å²) in [4.78, 5) is 2.56. The van der Waals surface area contributed by atoms with Crippen molar-refractivity contribution in [3.63, 3.8) is 0 Å². The minimum Gasteiger partial charge on any atom is -0.508 e. The van der Waals surface area contributed by atoms with E-state index in [-0.39, 0.29) is 0 Å². The van der Waals surface area contributed by atoms with Crippen molar-refractivity contribution < 1.29 is 5.11 Å². The highest BCUT2D eigenvalue weighted by molar-refractivity contribution is 5.32. The molecular weight excluding hydrogens is 174 g/mol. The van der Waals surface area contributed by atoms with Gasteiger partial charge < -0.3 is 5.11 Å². The summed E-state index contributed by atoms with van der Waals surface area (Å²) in [5.74, 6) is 1.23. The van der Waals surface area contributed by atoms with Gasteiger partial charge in [-0.25, -0.2) is 0 Å². The quantitative estimate of drug-likeness (QED) is 0.634. The molecule has 0 spiro atoms. The highest BCUT2D eigenvalue weighted by atomic mass is 16.3. The van der Waals surface area contributed by atoms with Crippen LogP contribution in [0.25, 0.3) is 0 Å². The molecular formula is C12H17NO. The molecule has 14 heavy (non-hydrogen) atoms. The maximum atomic E-state index is 9.83. The summed E-state index contributed by atoms with van der Waals surface area (Å²) in [5.41, 5.74) is 1.31. The van der Waals surface area contributed by atoms with E-state index in [1.165, 1.54) is 37.9 Å². The number of aliphatic hydroxyl groups excluding tert-OH is 1. The molecule has 0 bridgehead atoms. The van der Waals surface area contributed by atoms with Gasteiger partial charge >= 0.3 is 0 Å². The van der Waals surface area contributed by atoms with Gasteiger partial charge in [0.15, 0.2) is 0 Å². The van der Waals surface area contributed by atoms with Gasteiger partial charge in [-0.05, 0) is 56.3 Å². The number of hydrogen-bond donors (Lipinski definition) is 1. The standard InChI is InChI=1S/C12H17NO/c14-11-6-5-9-3-1-7-13-8-2-4-10(11)12(9)13/h5-6,9,12,14H,1-4,7-8H2. The van der Waals surface area contributed by atoms with Crippen LogP contribution < -0.4 is 0 Å². The molecule has 2 nitrogen and oxygen atoms in total. The zero-order chi connectivity index (χ0) is 9.54. The van der Waals surface area contributed by atoms with Crippen LogP contribution in [0, 0.1) is 5.92 Å². The van der Waals surface area contributed by atoms with Crippen molar-refractivity contribution in [2.24, 2.45) is 5.92 Å². The van der Waals surface area contributed by atoms with Crippen LogP contribution in [0.2, 0.25) is 0 Å². The normalized spacial score (nSPS) is 37.1. The van der Waals surface area contributed by atoms with Gasteiger partial charge in [0.25, 0.3) is 0 Å². The Morgan fingerprint density at radius 2 is 2.14 bits per heavy atom. The number of rotatable bonds is 0. The van der Waals surface area contributed by atoms with Gasteiger partial charge in [-0.2, -0.15) is 0 Å². The van der Waals surface area contributed by atoms with Gasteiger partial charge in [0.2, 0.25) is 0 Å². The average Bonchev–Trinajstić information content (AvgIpc) is 2.24. The Morgan fingerprint density at radius 1 is 1.29 bits per heavy atom. The third-order valence-corrected chi connectivity index (χ3v) is 3.86. The van der Waals surface area contributed by atoms with Crippen LogP contribution in [-0.4, -0.2) is 29.1 Å². The van der Waals surface area contributed by atoms with E-state index in [0.717, 1.165) is 6.42 Å². The Kier molecular flexibility index (Phi) is 1.91. The number of hydrogen-bond acceptors (Lipinski definition) is 2. The zero-order valence-corrected chi connectivity index (χ0v) is 8.45. The second-order valence-corrected chi connectivity index (χ2v) is 4.66. The molecule has 76 valence electrons. The SMILES string of the molecule is OC1=C2CCCN3CCCC(C=C1)C23. The third-order valence-electron chi connectivity index (χ3n) is 3.86. The first-order chi connectivity index (χ1) is 6.86. The summed E-state index contributed by atoms with van der Waals surface area (Å²) in [7, 11) is 0.